The first-order valence-electron chi connectivity index (χ1n) is 7.21. The Hall–Kier alpha value is -1.98. The summed E-state index contributed by atoms with van der Waals surface area (Å²) in [5.74, 6) is 1.45. The van der Waals surface area contributed by atoms with Crippen LogP contribution in [0.2, 0.25) is 0 Å². The quantitative estimate of drug-likeness (QED) is 0.860. The van der Waals surface area contributed by atoms with Gasteiger partial charge >= 0.3 is 0 Å². The van der Waals surface area contributed by atoms with Gasteiger partial charge in [-0.05, 0) is 46.4 Å². The summed E-state index contributed by atoms with van der Waals surface area (Å²) in [5.41, 5.74) is 6.57. The molecule has 5 nitrogen and oxygen atoms in total. The van der Waals surface area contributed by atoms with Crippen molar-refractivity contribution in [2.45, 2.75) is 34.2 Å². The molecular formula is C15H22FN5. The monoisotopic (exact) mass is 291 g/mol. The van der Waals surface area contributed by atoms with Crippen LogP contribution < -0.4 is 5.73 Å². The summed E-state index contributed by atoms with van der Waals surface area (Å²) < 4.78 is 15.7. The van der Waals surface area contributed by atoms with Gasteiger partial charge in [-0.2, -0.15) is 0 Å². The second-order valence-electron chi connectivity index (χ2n) is 6.08. The molecule has 0 bridgehead atoms. The number of tetrazole rings is 1. The average molecular weight is 291 g/mol. The fraction of sp³-hybridized carbons (Fsp3) is 0.533. The van der Waals surface area contributed by atoms with Gasteiger partial charge in [-0.25, -0.2) is 9.07 Å². The van der Waals surface area contributed by atoms with Gasteiger partial charge in [0, 0.05) is 12.2 Å². The van der Waals surface area contributed by atoms with Crippen molar-refractivity contribution in [1.29, 1.82) is 0 Å². The Balaban J connectivity index is 2.36. The maximum Gasteiger partial charge on any atom is 0.185 e. The maximum atomic E-state index is 14.0. The van der Waals surface area contributed by atoms with E-state index in [0.29, 0.717) is 41.4 Å². The number of hydrogen-bond donors (Lipinski definition) is 1. The molecule has 1 heterocycles. The number of anilines is 1. The van der Waals surface area contributed by atoms with Crippen LogP contribution in [0.3, 0.4) is 0 Å². The van der Waals surface area contributed by atoms with Crippen LogP contribution in [0.25, 0.3) is 11.4 Å². The molecule has 0 saturated heterocycles. The summed E-state index contributed by atoms with van der Waals surface area (Å²) in [5, 5.41) is 11.7. The van der Waals surface area contributed by atoms with Crippen molar-refractivity contribution in [3.63, 3.8) is 0 Å². The number of aromatic nitrogens is 4. The van der Waals surface area contributed by atoms with Gasteiger partial charge in [0.1, 0.15) is 5.82 Å². The minimum absolute atomic E-state index is 0.339. The van der Waals surface area contributed by atoms with Crippen LogP contribution in [0, 0.1) is 23.6 Å². The summed E-state index contributed by atoms with van der Waals surface area (Å²) in [4.78, 5) is 0. The van der Waals surface area contributed by atoms with Gasteiger partial charge in [0.2, 0.25) is 0 Å². The van der Waals surface area contributed by atoms with E-state index in [1.807, 2.05) is 0 Å². The van der Waals surface area contributed by atoms with Crippen molar-refractivity contribution in [1.82, 2.24) is 20.2 Å². The van der Waals surface area contributed by atoms with Crippen molar-refractivity contribution in [2.24, 2.45) is 17.8 Å². The van der Waals surface area contributed by atoms with Gasteiger partial charge in [-0.3, -0.25) is 0 Å². The van der Waals surface area contributed by atoms with E-state index < -0.39 is 0 Å². The smallest absolute Gasteiger partial charge is 0.185 e. The molecule has 0 amide bonds. The number of benzene rings is 1. The first kappa shape index (κ1) is 15.4. The van der Waals surface area contributed by atoms with Crippen LogP contribution in [0.1, 0.15) is 27.7 Å². The van der Waals surface area contributed by atoms with Crippen molar-refractivity contribution in [3.8, 4) is 11.4 Å². The number of halogens is 1. The summed E-state index contributed by atoms with van der Waals surface area (Å²) in [6.45, 7) is 9.36. The fourth-order valence-electron chi connectivity index (χ4n) is 2.63. The largest absolute Gasteiger partial charge is 0.399 e. The van der Waals surface area contributed by atoms with Gasteiger partial charge in [-0.15, -0.1) is 5.10 Å². The lowest BCUT2D eigenvalue weighted by Gasteiger charge is -2.24. The zero-order valence-electron chi connectivity index (χ0n) is 12.9. The van der Waals surface area contributed by atoms with E-state index in [1.54, 1.807) is 10.7 Å². The Labute approximate surface area is 124 Å². The molecule has 0 spiro atoms. The third-order valence-corrected chi connectivity index (χ3v) is 3.86. The Bertz CT molecular complexity index is 598. The van der Waals surface area contributed by atoms with E-state index in [2.05, 4.69) is 43.2 Å². The molecule has 0 atom stereocenters. The second kappa shape index (κ2) is 6.20. The third kappa shape index (κ3) is 3.37. The molecule has 0 aliphatic heterocycles. The molecule has 0 saturated carbocycles. The Kier molecular flexibility index (Phi) is 4.55. The SMILES string of the molecule is CC(C)C(Cn1nnnc1-c1cc(N)ccc1F)C(C)C. The van der Waals surface area contributed by atoms with Crippen LogP contribution in [-0.2, 0) is 6.54 Å². The van der Waals surface area contributed by atoms with Crippen LogP contribution in [0.5, 0.6) is 0 Å². The highest BCUT2D eigenvalue weighted by atomic mass is 19.1. The normalized spacial score (nSPS) is 11.8. The number of hydrogen-bond acceptors (Lipinski definition) is 4. The number of nitrogens with zero attached hydrogens (tertiary/aromatic N) is 4. The van der Waals surface area contributed by atoms with Gasteiger partial charge in [-0.1, -0.05) is 27.7 Å². The predicted octanol–water partition coefficient (Wildman–Crippen LogP) is 2.99. The van der Waals surface area contributed by atoms with Crippen LogP contribution in [-0.4, -0.2) is 20.2 Å². The minimum Gasteiger partial charge on any atom is -0.399 e. The highest BCUT2D eigenvalue weighted by Gasteiger charge is 2.22. The van der Waals surface area contributed by atoms with Gasteiger partial charge in [0.05, 0.1) is 5.56 Å². The zero-order chi connectivity index (χ0) is 15.6. The second-order valence-corrected chi connectivity index (χ2v) is 6.08. The van der Waals surface area contributed by atoms with Gasteiger partial charge in [0.25, 0.3) is 0 Å². The van der Waals surface area contributed by atoms with E-state index in [-0.39, 0.29) is 5.82 Å². The minimum atomic E-state index is -0.370. The van der Waals surface area contributed by atoms with Crippen molar-refractivity contribution in [2.75, 3.05) is 5.73 Å². The highest BCUT2D eigenvalue weighted by Crippen LogP contribution is 2.26. The standard InChI is InChI=1S/C15H22FN5/c1-9(2)13(10(3)4)8-21-15(18-19-20-21)12-7-11(17)5-6-14(12)16/h5-7,9-10,13H,8,17H2,1-4H3. The maximum absolute atomic E-state index is 14.0. The predicted molar refractivity (Wildman–Crippen MR) is 80.8 cm³/mol. The molecule has 114 valence electrons. The topological polar surface area (TPSA) is 69.6 Å². The third-order valence-electron chi connectivity index (χ3n) is 3.86. The Morgan fingerprint density at radius 3 is 2.48 bits per heavy atom. The van der Waals surface area contributed by atoms with Crippen LogP contribution >= 0.6 is 0 Å². The number of nitrogen functional groups attached to an aromatic ring is 1. The van der Waals surface area contributed by atoms with E-state index in [9.17, 15) is 4.39 Å². The molecule has 6 heteroatoms. The summed E-state index contributed by atoms with van der Waals surface area (Å²) in [6, 6.07) is 4.43. The van der Waals surface area contributed by atoms with E-state index >= 15 is 0 Å². The number of rotatable bonds is 5. The molecule has 0 aliphatic rings. The molecule has 2 rings (SSSR count). The molecule has 0 radical (unpaired) electrons. The summed E-state index contributed by atoms with van der Waals surface area (Å²) in [6.07, 6.45) is 0. The van der Waals surface area contributed by atoms with E-state index in [1.165, 1.54) is 12.1 Å². The van der Waals surface area contributed by atoms with Crippen LogP contribution in [0.4, 0.5) is 10.1 Å². The Morgan fingerprint density at radius 2 is 1.86 bits per heavy atom. The van der Waals surface area contributed by atoms with Gasteiger partial charge in [0.15, 0.2) is 5.82 Å². The lowest BCUT2D eigenvalue weighted by atomic mass is 9.85. The Morgan fingerprint density at radius 1 is 1.19 bits per heavy atom. The van der Waals surface area contributed by atoms with Crippen LogP contribution in [0.15, 0.2) is 18.2 Å². The lowest BCUT2D eigenvalue weighted by Crippen LogP contribution is -2.23. The molecule has 21 heavy (non-hydrogen) atoms. The first-order valence-corrected chi connectivity index (χ1v) is 7.21. The van der Waals surface area contributed by atoms with Crippen molar-refractivity contribution >= 4 is 5.69 Å². The molecule has 0 unspecified atom stereocenters. The fourth-order valence-corrected chi connectivity index (χ4v) is 2.63. The average Bonchev–Trinajstić information content (AvgIpc) is 2.86. The molecule has 1 aromatic carbocycles. The zero-order valence-corrected chi connectivity index (χ0v) is 12.9. The van der Waals surface area contributed by atoms with E-state index in [4.69, 9.17) is 5.73 Å². The molecular weight excluding hydrogens is 269 g/mol. The molecule has 0 aliphatic carbocycles. The summed E-state index contributed by atoms with van der Waals surface area (Å²) >= 11 is 0. The molecule has 1 aromatic heterocycles. The lowest BCUT2D eigenvalue weighted by molar-refractivity contribution is 0.242. The van der Waals surface area contributed by atoms with Crippen molar-refractivity contribution in [3.05, 3.63) is 24.0 Å². The number of nitrogens with two attached hydrogens (primary N) is 1. The molecule has 0 fully saturated rings. The summed E-state index contributed by atoms with van der Waals surface area (Å²) in [7, 11) is 0. The van der Waals surface area contributed by atoms with E-state index in [0.717, 1.165) is 0 Å². The highest BCUT2D eigenvalue weighted by molar-refractivity contribution is 5.61. The van der Waals surface area contributed by atoms with Gasteiger partial charge < -0.3 is 5.73 Å². The molecule has 2 N–H and O–H groups in total. The first-order chi connectivity index (χ1) is 9.90. The van der Waals surface area contributed by atoms with Crippen molar-refractivity contribution < 1.29 is 4.39 Å². The molecule has 2 aromatic rings.